The standard InChI is InChI=1S/C15H17BrN2O3S.ClH/c1-20-13-6-10(7-18-8-11-3-2-4-22-11)5-12(16)15(13)21-9-14(17)19;/h2-6,18H,7-9H2,1H3,(H2,17,19);1H. The van der Waals surface area contributed by atoms with Gasteiger partial charge in [-0.05, 0) is 39.5 Å². The molecule has 126 valence electrons. The zero-order valence-corrected chi connectivity index (χ0v) is 15.7. The fourth-order valence-electron chi connectivity index (χ4n) is 1.98. The molecule has 8 heteroatoms. The second-order valence-electron chi connectivity index (χ2n) is 4.64. The molecular formula is C15H18BrClN2O3S. The molecule has 0 radical (unpaired) electrons. The number of halogens is 2. The minimum absolute atomic E-state index is 0. The van der Waals surface area contributed by atoms with Crippen LogP contribution >= 0.6 is 27.3 Å². The molecule has 0 fully saturated rings. The molecular weight excluding hydrogens is 404 g/mol. The second kappa shape index (κ2) is 9.77. The topological polar surface area (TPSA) is 78.2 Å². The van der Waals surface area contributed by atoms with Crippen LogP contribution in [0.2, 0.25) is 0 Å². The third kappa shape index (κ3) is 6.02. The first-order valence-electron chi connectivity index (χ1n) is 6.71. The number of carbonyl (C=O) groups is 1. The van der Waals surface area contributed by atoms with Crippen LogP contribution < -0.4 is 32.9 Å². The van der Waals surface area contributed by atoms with Gasteiger partial charge in [-0.15, -0.1) is 11.3 Å². The van der Waals surface area contributed by atoms with E-state index in [9.17, 15) is 4.79 Å². The number of nitrogens with two attached hydrogens (primary N) is 2. The number of primary amides is 1. The van der Waals surface area contributed by atoms with Crippen LogP contribution in [0.1, 0.15) is 10.4 Å². The van der Waals surface area contributed by atoms with E-state index in [2.05, 4.69) is 38.8 Å². The normalized spacial score (nSPS) is 10.0. The maximum absolute atomic E-state index is 10.8. The van der Waals surface area contributed by atoms with Crippen LogP contribution in [0, 0.1) is 0 Å². The van der Waals surface area contributed by atoms with Gasteiger partial charge in [0.05, 0.1) is 16.5 Å². The number of amides is 1. The van der Waals surface area contributed by atoms with Crippen molar-refractivity contribution in [1.82, 2.24) is 0 Å². The third-order valence-electron chi connectivity index (χ3n) is 2.95. The van der Waals surface area contributed by atoms with Crippen LogP contribution in [-0.4, -0.2) is 19.6 Å². The van der Waals surface area contributed by atoms with Crippen LogP contribution in [0.15, 0.2) is 34.1 Å². The Bertz CT molecular complexity index is 638. The highest BCUT2D eigenvalue weighted by molar-refractivity contribution is 9.10. The minimum Gasteiger partial charge on any atom is -1.00 e. The number of methoxy groups -OCH3 is 1. The Kier molecular flexibility index (Phi) is 8.40. The average Bonchev–Trinajstić information content (AvgIpc) is 2.98. The van der Waals surface area contributed by atoms with E-state index in [-0.39, 0.29) is 19.0 Å². The Morgan fingerprint density at radius 3 is 2.78 bits per heavy atom. The van der Waals surface area contributed by atoms with Gasteiger partial charge in [-0.25, -0.2) is 0 Å². The quantitative estimate of drug-likeness (QED) is 0.553. The first-order valence-corrected chi connectivity index (χ1v) is 8.39. The van der Waals surface area contributed by atoms with Gasteiger partial charge in [0, 0.05) is 5.56 Å². The molecule has 5 nitrogen and oxygen atoms in total. The zero-order valence-electron chi connectivity index (χ0n) is 12.6. The summed E-state index contributed by atoms with van der Waals surface area (Å²) in [6, 6.07) is 8.05. The molecule has 0 aliphatic carbocycles. The van der Waals surface area contributed by atoms with E-state index in [1.807, 2.05) is 12.1 Å². The molecule has 0 spiro atoms. The molecule has 23 heavy (non-hydrogen) atoms. The lowest BCUT2D eigenvalue weighted by atomic mass is 10.2. The summed E-state index contributed by atoms with van der Waals surface area (Å²) >= 11 is 5.20. The zero-order chi connectivity index (χ0) is 15.9. The average molecular weight is 422 g/mol. The van der Waals surface area contributed by atoms with Crippen molar-refractivity contribution in [2.75, 3.05) is 13.7 Å². The third-order valence-corrected chi connectivity index (χ3v) is 4.44. The molecule has 2 aromatic rings. The SMILES string of the molecule is COc1cc(C[NH2+]Cc2cccs2)cc(Br)c1OCC(N)=O.[Cl-]. The lowest BCUT2D eigenvalue weighted by molar-refractivity contribution is -0.685. The van der Waals surface area contributed by atoms with Crippen molar-refractivity contribution < 1.29 is 32.0 Å². The Balaban J connectivity index is 0.00000264. The summed E-state index contributed by atoms with van der Waals surface area (Å²) < 4.78 is 11.5. The van der Waals surface area contributed by atoms with E-state index in [0.717, 1.165) is 23.1 Å². The molecule has 1 heterocycles. The van der Waals surface area contributed by atoms with Crippen LogP contribution in [0.3, 0.4) is 0 Å². The smallest absolute Gasteiger partial charge is 0.255 e. The molecule has 1 aromatic heterocycles. The first kappa shape index (κ1) is 19.8. The molecule has 0 bridgehead atoms. The van der Waals surface area contributed by atoms with Gasteiger partial charge in [-0.2, -0.15) is 0 Å². The molecule has 0 saturated heterocycles. The van der Waals surface area contributed by atoms with Gasteiger partial charge in [-0.3, -0.25) is 4.79 Å². The van der Waals surface area contributed by atoms with E-state index in [0.29, 0.717) is 11.5 Å². The molecule has 0 aliphatic rings. The van der Waals surface area contributed by atoms with Gasteiger partial charge >= 0.3 is 0 Å². The second-order valence-corrected chi connectivity index (χ2v) is 6.53. The molecule has 2 rings (SSSR count). The van der Waals surface area contributed by atoms with Crippen LogP contribution in [0.5, 0.6) is 11.5 Å². The van der Waals surface area contributed by atoms with E-state index < -0.39 is 5.91 Å². The highest BCUT2D eigenvalue weighted by atomic mass is 79.9. The number of ether oxygens (including phenoxy) is 2. The number of thiophene rings is 1. The fraction of sp³-hybridized carbons (Fsp3) is 0.267. The lowest BCUT2D eigenvalue weighted by Gasteiger charge is -2.13. The number of hydrogen-bond acceptors (Lipinski definition) is 4. The highest BCUT2D eigenvalue weighted by Gasteiger charge is 2.13. The monoisotopic (exact) mass is 420 g/mol. The first-order chi connectivity index (χ1) is 10.6. The number of quaternary nitrogens is 1. The molecule has 4 N–H and O–H groups in total. The van der Waals surface area contributed by atoms with E-state index in [1.165, 1.54) is 4.88 Å². The van der Waals surface area contributed by atoms with Crippen LogP contribution in [0.4, 0.5) is 0 Å². The van der Waals surface area contributed by atoms with Crippen molar-refractivity contribution in [3.63, 3.8) is 0 Å². The maximum atomic E-state index is 10.8. The van der Waals surface area contributed by atoms with Crippen molar-refractivity contribution in [3.8, 4) is 11.5 Å². The predicted octanol–water partition coefficient (Wildman–Crippen LogP) is -1.35. The largest absolute Gasteiger partial charge is 1.00 e. The molecule has 0 aliphatic heterocycles. The van der Waals surface area contributed by atoms with Crippen molar-refractivity contribution >= 4 is 33.2 Å². The van der Waals surface area contributed by atoms with Crippen molar-refractivity contribution in [3.05, 3.63) is 44.6 Å². The summed E-state index contributed by atoms with van der Waals surface area (Å²) in [6.07, 6.45) is 0. The number of hydrogen-bond donors (Lipinski definition) is 2. The number of benzene rings is 1. The van der Waals surface area contributed by atoms with E-state index in [1.54, 1.807) is 18.4 Å². The molecule has 0 saturated carbocycles. The lowest BCUT2D eigenvalue weighted by Crippen LogP contribution is -3.00. The number of rotatable bonds is 8. The Hall–Kier alpha value is -1.28. The molecule has 0 unspecified atom stereocenters. The summed E-state index contributed by atoms with van der Waals surface area (Å²) in [4.78, 5) is 12.2. The minimum atomic E-state index is -0.526. The Morgan fingerprint density at radius 2 is 2.17 bits per heavy atom. The van der Waals surface area contributed by atoms with Crippen molar-refractivity contribution in [1.29, 1.82) is 0 Å². The van der Waals surface area contributed by atoms with E-state index >= 15 is 0 Å². The van der Waals surface area contributed by atoms with Gasteiger partial charge in [0.2, 0.25) is 0 Å². The van der Waals surface area contributed by atoms with Gasteiger partial charge in [0.25, 0.3) is 5.91 Å². The maximum Gasteiger partial charge on any atom is 0.255 e. The summed E-state index contributed by atoms with van der Waals surface area (Å²) in [6.45, 7) is 1.58. The number of carbonyl (C=O) groups excluding carboxylic acids is 1. The van der Waals surface area contributed by atoms with Crippen molar-refractivity contribution in [2.24, 2.45) is 5.73 Å². The highest BCUT2D eigenvalue weighted by Crippen LogP contribution is 2.36. The van der Waals surface area contributed by atoms with Gasteiger partial charge in [-0.1, -0.05) is 6.07 Å². The molecule has 1 amide bonds. The van der Waals surface area contributed by atoms with Gasteiger partial charge in [0.1, 0.15) is 13.1 Å². The molecule has 1 aromatic carbocycles. The van der Waals surface area contributed by atoms with Gasteiger partial charge < -0.3 is 32.9 Å². The Labute approximate surface area is 153 Å². The van der Waals surface area contributed by atoms with Crippen LogP contribution in [-0.2, 0) is 17.9 Å². The summed E-state index contributed by atoms with van der Waals surface area (Å²) in [5.41, 5.74) is 6.20. The fourth-order valence-corrected chi connectivity index (χ4v) is 3.29. The summed E-state index contributed by atoms with van der Waals surface area (Å²) in [5.74, 6) is 0.542. The summed E-state index contributed by atoms with van der Waals surface area (Å²) in [5, 5.41) is 4.30. The van der Waals surface area contributed by atoms with E-state index in [4.69, 9.17) is 15.2 Å². The predicted molar refractivity (Wildman–Crippen MR) is 89.0 cm³/mol. The van der Waals surface area contributed by atoms with Crippen molar-refractivity contribution in [2.45, 2.75) is 13.1 Å². The Morgan fingerprint density at radius 1 is 1.39 bits per heavy atom. The summed E-state index contributed by atoms with van der Waals surface area (Å²) in [7, 11) is 1.57. The van der Waals surface area contributed by atoms with Crippen LogP contribution in [0.25, 0.3) is 0 Å². The van der Waals surface area contributed by atoms with Gasteiger partial charge in [0.15, 0.2) is 18.1 Å². The molecule has 0 atom stereocenters.